The number of aromatic hydroxyl groups is 3. The van der Waals surface area contributed by atoms with E-state index in [9.17, 15) is 44.7 Å². The van der Waals surface area contributed by atoms with Gasteiger partial charge in [-0.15, -0.1) is 0 Å². The summed E-state index contributed by atoms with van der Waals surface area (Å²) in [6.07, 6.45) is -4.74. The van der Waals surface area contributed by atoms with Crippen LogP contribution in [0.4, 0.5) is 0 Å². The Labute approximate surface area is 134 Å². The van der Waals surface area contributed by atoms with Crippen molar-refractivity contribution in [3.63, 3.8) is 0 Å². The predicted molar refractivity (Wildman–Crippen MR) is 75.5 cm³/mol. The molecule has 0 spiro atoms. The first-order valence-electron chi connectivity index (χ1n) is 6.87. The van der Waals surface area contributed by atoms with E-state index in [2.05, 4.69) is 0 Å². The fourth-order valence-corrected chi connectivity index (χ4v) is 2.52. The lowest BCUT2D eigenvalue weighted by molar-refractivity contribution is -0.147. The fraction of sp³-hybridized carbons (Fsp3) is 0.333. The number of carbonyl (C=O) groups excluding carboxylic acids is 4. The molecule has 2 rings (SSSR count). The van der Waals surface area contributed by atoms with E-state index >= 15 is 0 Å². The summed E-state index contributed by atoms with van der Waals surface area (Å²) in [6.45, 7) is 0. The molecule has 1 fully saturated rings. The topological polar surface area (TPSA) is 169 Å². The molecule has 3 unspecified atom stereocenters. The van der Waals surface area contributed by atoms with Crippen LogP contribution in [0.5, 0.6) is 17.2 Å². The molecule has 1 aromatic rings. The van der Waals surface area contributed by atoms with Gasteiger partial charge in [-0.1, -0.05) is 0 Å². The molecular formula is C15H14O9. The highest BCUT2D eigenvalue weighted by Gasteiger charge is 2.44. The minimum atomic E-state index is -2.17. The molecule has 24 heavy (non-hydrogen) atoms. The maximum absolute atomic E-state index is 12.0. The second kappa shape index (κ2) is 6.38. The van der Waals surface area contributed by atoms with Gasteiger partial charge in [0.05, 0.1) is 18.4 Å². The zero-order valence-electron chi connectivity index (χ0n) is 12.2. The Morgan fingerprint density at radius 2 is 1.62 bits per heavy atom. The predicted octanol–water partition coefficient (Wildman–Crippen LogP) is -1.17. The monoisotopic (exact) mass is 338 g/mol. The number of benzene rings is 1. The summed E-state index contributed by atoms with van der Waals surface area (Å²) in [4.78, 5) is 47.0. The fourth-order valence-electron chi connectivity index (χ4n) is 2.52. The molecule has 0 amide bonds. The second-order valence-electron chi connectivity index (χ2n) is 5.48. The Hall–Kier alpha value is -2.78. The van der Waals surface area contributed by atoms with E-state index in [0.717, 1.165) is 0 Å². The van der Waals surface area contributed by atoms with Crippen molar-refractivity contribution < 1.29 is 44.7 Å². The summed E-state index contributed by atoms with van der Waals surface area (Å²) in [5, 5.41) is 47.6. The quantitative estimate of drug-likeness (QED) is 0.196. The van der Waals surface area contributed by atoms with Gasteiger partial charge in [-0.05, 0) is 12.1 Å². The number of aliphatic hydroxyl groups excluding tert-OH is 2. The highest BCUT2D eigenvalue weighted by molar-refractivity contribution is 6.45. The molecule has 0 saturated heterocycles. The third-order valence-corrected chi connectivity index (χ3v) is 3.76. The molecule has 0 aromatic heterocycles. The van der Waals surface area contributed by atoms with Crippen LogP contribution in [0.2, 0.25) is 0 Å². The third kappa shape index (κ3) is 3.12. The SMILES string of the molecule is O=C1CC(=O)C(C(O)C(=O)C(=O)c2cc(O)c(O)c(O)c2)C(O)C1. The molecule has 0 radical (unpaired) electrons. The van der Waals surface area contributed by atoms with E-state index in [0.29, 0.717) is 12.1 Å². The number of Topliss-reactive ketones (excluding diaryl/α,β-unsaturated/α-hetero) is 4. The van der Waals surface area contributed by atoms with Crippen LogP contribution in [-0.4, -0.2) is 60.9 Å². The van der Waals surface area contributed by atoms with E-state index in [1.54, 1.807) is 0 Å². The van der Waals surface area contributed by atoms with Crippen LogP contribution in [0, 0.1) is 5.92 Å². The normalized spacial score (nSPS) is 22.2. The van der Waals surface area contributed by atoms with Gasteiger partial charge in [0.1, 0.15) is 17.7 Å². The number of phenols is 3. The maximum atomic E-state index is 12.0. The van der Waals surface area contributed by atoms with Crippen LogP contribution < -0.4 is 0 Å². The number of hydrogen-bond acceptors (Lipinski definition) is 9. The van der Waals surface area contributed by atoms with Gasteiger partial charge >= 0.3 is 0 Å². The molecule has 1 aliphatic rings. The average molecular weight is 338 g/mol. The molecule has 3 atom stereocenters. The molecule has 1 saturated carbocycles. The lowest BCUT2D eigenvalue weighted by atomic mass is 9.79. The number of rotatable bonds is 4. The molecule has 9 heteroatoms. The molecule has 5 N–H and O–H groups in total. The van der Waals surface area contributed by atoms with Crippen molar-refractivity contribution in [1.82, 2.24) is 0 Å². The van der Waals surface area contributed by atoms with Gasteiger partial charge in [0.25, 0.3) is 0 Å². The zero-order valence-corrected chi connectivity index (χ0v) is 12.2. The molecule has 0 aliphatic heterocycles. The molecule has 9 nitrogen and oxygen atoms in total. The van der Waals surface area contributed by atoms with Crippen LogP contribution >= 0.6 is 0 Å². The third-order valence-electron chi connectivity index (χ3n) is 3.76. The number of aliphatic hydroxyl groups is 2. The van der Waals surface area contributed by atoms with Crippen molar-refractivity contribution in [1.29, 1.82) is 0 Å². The molecule has 128 valence electrons. The van der Waals surface area contributed by atoms with E-state index < -0.39 is 76.9 Å². The van der Waals surface area contributed by atoms with E-state index in [1.165, 1.54) is 0 Å². The average Bonchev–Trinajstić information content (AvgIpc) is 2.49. The Morgan fingerprint density at radius 1 is 1.08 bits per heavy atom. The minimum absolute atomic E-state index is 0.421. The van der Waals surface area contributed by atoms with Crippen molar-refractivity contribution in [3.05, 3.63) is 17.7 Å². The lowest BCUT2D eigenvalue weighted by Crippen LogP contribution is -2.48. The first-order chi connectivity index (χ1) is 11.1. The largest absolute Gasteiger partial charge is 0.504 e. The first kappa shape index (κ1) is 17.6. The van der Waals surface area contributed by atoms with Crippen molar-refractivity contribution in [2.45, 2.75) is 25.0 Å². The summed E-state index contributed by atoms with van der Waals surface area (Å²) >= 11 is 0. The molecular weight excluding hydrogens is 324 g/mol. The van der Waals surface area contributed by atoms with Crippen molar-refractivity contribution in [3.8, 4) is 17.2 Å². The lowest BCUT2D eigenvalue weighted by Gasteiger charge is -2.28. The number of carbonyl (C=O) groups is 4. The smallest absolute Gasteiger partial charge is 0.232 e. The highest BCUT2D eigenvalue weighted by atomic mass is 16.3. The van der Waals surface area contributed by atoms with Gasteiger partial charge in [0, 0.05) is 12.0 Å². The van der Waals surface area contributed by atoms with Crippen LogP contribution in [0.1, 0.15) is 23.2 Å². The Morgan fingerprint density at radius 3 is 2.12 bits per heavy atom. The summed E-state index contributed by atoms with van der Waals surface area (Å²) in [6, 6.07) is 1.40. The van der Waals surface area contributed by atoms with Crippen molar-refractivity contribution >= 4 is 23.1 Å². The second-order valence-corrected chi connectivity index (χ2v) is 5.48. The van der Waals surface area contributed by atoms with Crippen LogP contribution in [0.25, 0.3) is 0 Å². The first-order valence-corrected chi connectivity index (χ1v) is 6.87. The van der Waals surface area contributed by atoms with Crippen LogP contribution in [-0.2, 0) is 14.4 Å². The van der Waals surface area contributed by atoms with Crippen molar-refractivity contribution in [2.24, 2.45) is 5.92 Å². The Kier molecular flexibility index (Phi) is 4.67. The standard InChI is InChI=1S/C15H14O9/c16-6-3-7(17)11(8(18)4-6)14(23)15(24)12(21)5-1-9(19)13(22)10(20)2-5/h1-2,7,11,14,17,19-20,22-23H,3-4H2. The number of phenolic OH excluding ortho intramolecular Hbond substituents is 3. The van der Waals surface area contributed by atoms with Gasteiger partial charge in [-0.25, -0.2) is 0 Å². The van der Waals surface area contributed by atoms with E-state index in [4.69, 9.17) is 0 Å². The van der Waals surface area contributed by atoms with E-state index in [1.807, 2.05) is 0 Å². The van der Waals surface area contributed by atoms with Gasteiger partial charge in [-0.2, -0.15) is 0 Å². The van der Waals surface area contributed by atoms with Crippen LogP contribution in [0.15, 0.2) is 12.1 Å². The number of ketones is 4. The summed E-state index contributed by atoms with van der Waals surface area (Å²) in [7, 11) is 0. The van der Waals surface area contributed by atoms with E-state index in [-0.39, 0.29) is 0 Å². The molecule has 0 bridgehead atoms. The molecule has 1 aromatic carbocycles. The van der Waals surface area contributed by atoms with Gasteiger partial charge in [0.15, 0.2) is 17.2 Å². The van der Waals surface area contributed by atoms with Gasteiger partial charge in [-0.3, -0.25) is 19.2 Å². The van der Waals surface area contributed by atoms with Gasteiger partial charge in [0.2, 0.25) is 11.6 Å². The highest BCUT2D eigenvalue weighted by Crippen LogP contribution is 2.35. The van der Waals surface area contributed by atoms with Gasteiger partial charge < -0.3 is 25.5 Å². The zero-order chi connectivity index (χ0) is 18.2. The van der Waals surface area contributed by atoms with Crippen LogP contribution in [0.3, 0.4) is 0 Å². The molecule has 1 aliphatic carbocycles. The Bertz CT molecular complexity index is 713. The Balaban J connectivity index is 2.26. The summed E-state index contributed by atoms with van der Waals surface area (Å²) in [5.41, 5.74) is -0.527. The summed E-state index contributed by atoms with van der Waals surface area (Å²) in [5.74, 6) is -8.42. The minimum Gasteiger partial charge on any atom is -0.504 e. The number of hydrogen-bond donors (Lipinski definition) is 5. The maximum Gasteiger partial charge on any atom is 0.232 e. The molecule has 0 heterocycles. The van der Waals surface area contributed by atoms with Crippen molar-refractivity contribution in [2.75, 3.05) is 0 Å². The summed E-state index contributed by atoms with van der Waals surface area (Å²) < 4.78 is 0.